The van der Waals surface area contributed by atoms with Gasteiger partial charge in [-0.3, -0.25) is 4.79 Å². The van der Waals surface area contributed by atoms with Crippen LogP contribution in [0.5, 0.6) is 0 Å². The minimum atomic E-state index is -0.126. The summed E-state index contributed by atoms with van der Waals surface area (Å²) in [6.45, 7) is 9.18. The monoisotopic (exact) mass is 248 g/mol. The van der Waals surface area contributed by atoms with Gasteiger partial charge >= 0.3 is 0 Å². The third kappa shape index (κ3) is 3.84. The summed E-state index contributed by atoms with van der Waals surface area (Å²) in [7, 11) is 0. The fourth-order valence-electron chi connectivity index (χ4n) is 1.70. The summed E-state index contributed by atoms with van der Waals surface area (Å²) >= 11 is 0. The molecule has 0 radical (unpaired) electrons. The van der Waals surface area contributed by atoms with Crippen LogP contribution >= 0.6 is 0 Å². The fraction of sp³-hybridized carbons (Fsp3) is 0.533. The lowest BCUT2D eigenvalue weighted by Crippen LogP contribution is -2.40. The molecule has 18 heavy (non-hydrogen) atoms. The van der Waals surface area contributed by atoms with Gasteiger partial charge in [0.05, 0.1) is 0 Å². The molecule has 0 saturated heterocycles. The highest BCUT2D eigenvalue weighted by Crippen LogP contribution is 2.22. The second kappa shape index (κ2) is 6.01. The molecular formula is C15H24N2O. The first-order chi connectivity index (χ1) is 8.36. The first-order valence-corrected chi connectivity index (χ1v) is 6.42. The van der Waals surface area contributed by atoms with Crippen LogP contribution < -0.4 is 11.1 Å². The average molecular weight is 248 g/mol. The molecule has 1 aromatic rings. The molecule has 1 atom stereocenters. The number of aryl methyl sites for hydroxylation is 1. The van der Waals surface area contributed by atoms with Gasteiger partial charge in [0.1, 0.15) is 0 Å². The Labute approximate surface area is 110 Å². The van der Waals surface area contributed by atoms with E-state index >= 15 is 0 Å². The van der Waals surface area contributed by atoms with Crippen molar-refractivity contribution in [1.29, 1.82) is 0 Å². The number of carbonyl (C=O) groups is 1. The Bertz CT molecular complexity index is 395. The molecule has 0 spiro atoms. The Hall–Kier alpha value is -1.35. The van der Waals surface area contributed by atoms with Crippen molar-refractivity contribution in [1.82, 2.24) is 5.32 Å². The van der Waals surface area contributed by atoms with E-state index in [-0.39, 0.29) is 17.2 Å². The SMILES string of the molecule is Cc1ccc(C(C)(C)CNC(=O)C(C)CN)cc1. The summed E-state index contributed by atoms with van der Waals surface area (Å²) in [5.41, 5.74) is 7.88. The number of nitrogens with two attached hydrogens (primary N) is 1. The Morgan fingerprint density at radius 2 is 1.89 bits per heavy atom. The van der Waals surface area contributed by atoms with Crippen molar-refractivity contribution >= 4 is 5.91 Å². The highest BCUT2D eigenvalue weighted by molar-refractivity contribution is 5.78. The molecule has 0 aliphatic rings. The molecule has 0 heterocycles. The molecule has 1 unspecified atom stereocenters. The van der Waals surface area contributed by atoms with Crippen LogP contribution in [0.15, 0.2) is 24.3 Å². The van der Waals surface area contributed by atoms with Gasteiger partial charge in [0.2, 0.25) is 5.91 Å². The Morgan fingerprint density at radius 1 is 1.33 bits per heavy atom. The van der Waals surface area contributed by atoms with E-state index < -0.39 is 0 Å². The van der Waals surface area contributed by atoms with Crippen LogP contribution in [-0.2, 0) is 10.2 Å². The fourth-order valence-corrected chi connectivity index (χ4v) is 1.70. The maximum absolute atomic E-state index is 11.7. The number of carbonyl (C=O) groups excluding carboxylic acids is 1. The number of hydrogen-bond donors (Lipinski definition) is 2. The van der Waals surface area contributed by atoms with E-state index in [1.165, 1.54) is 11.1 Å². The zero-order valence-corrected chi connectivity index (χ0v) is 11.8. The first-order valence-electron chi connectivity index (χ1n) is 6.42. The molecule has 3 N–H and O–H groups in total. The molecule has 0 aromatic heterocycles. The standard InChI is InChI=1S/C15H24N2O/c1-11-5-7-13(8-6-11)15(3,4)10-17-14(18)12(2)9-16/h5-8,12H,9-10,16H2,1-4H3,(H,17,18). The van der Waals surface area contributed by atoms with Crippen LogP contribution in [-0.4, -0.2) is 19.0 Å². The highest BCUT2D eigenvalue weighted by atomic mass is 16.1. The molecule has 0 fully saturated rings. The van der Waals surface area contributed by atoms with Gasteiger partial charge < -0.3 is 11.1 Å². The molecule has 1 amide bonds. The summed E-state index contributed by atoms with van der Waals surface area (Å²) in [6, 6.07) is 8.44. The van der Waals surface area contributed by atoms with Crippen LogP contribution in [0.2, 0.25) is 0 Å². The van der Waals surface area contributed by atoms with Gasteiger partial charge in [0, 0.05) is 24.4 Å². The van der Waals surface area contributed by atoms with Gasteiger partial charge in [-0.25, -0.2) is 0 Å². The molecule has 100 valence electrons. The Balaban J connectivity index is 2.65. The van der Waals surface area contributed by atoms with Crippen LogP contribution in [0.1, 0.15) is 31.9 Å². The lowest BCUT2D eigenvalue weighted by Gasteiger charge is -2.26. The van der Waals surface area contributed by atoms with Crippen LogP contribution in [0.3, 0.4) is 0 Å². The summed E-state index contributed by atoms with van der Waals surface area (Å²) in [6.07, 6.45) is 0. The third-order valence-electron chi connectivity index (χ3n) is 3.34. The summed E-state index contributed by atoms with van der Waals surface area (Å²) < 4.78 is 0. The van der Waals surface area contributed by atoms with E-state index in [1.54, 1.807) is 0 Å². The number of hydrogen-bond acceptors (Lipinski definition) is 2. The van der Waals surface area contributed by atoms with Gasteiger partial charge in [0.15, 0.2) is 0 Å². The quantitative estimate of drug-likeness (QED) is 0.837. The van der Waals surface area contributed by atoms with Crippen molar-refractivity contribution in [3.05, 3.63) is 35.4 Å². The van der Waals surface area contributed by atoms with Crippen molar-refractivity contribution in [2.24, 2.45) is 11.7 Å². The molecule has 0 aliphatic carbocycles. The lowest BCUT2D eigenvalue weighted by atomic mass is 9.84. The van der Waals surface area contributed by atoms with Gasteiger partial charge in [0.25, 0.3) is 0 Å². The van der Waals surface area contributed by atoms with Gasteiger partial charge in [-0.1, -0.05) is 50.6 Å². The number of nitrogens with one attached hydrogen (secondary N) is 1. The van der Waals surface area contributed by atoms with Crippen molar-refractivity contribution in [2.45, 2.75) is 33.1 Å². The normalized spacial score (nSPS) is 13.2. The van der Waals surface area contributed by atoms with Crippen molar-refractivity contribution in [3.8, 4) is 0 Å². The lowest BCUT2D eigenvalue weighted by molar-refractivity contribution is -0.124. The molecule has 1 aromatic carbocycles. The summed E-state index contributed by atoms with van der Waals surface area (Å²) in [5.74, 6) is -0.100. The van der Waals surface area contributed by atoms with Crippen LogP contribution in [0, 0.1) is 12.8 Å². The maximum atomic E-state index is 11.7. The smallest absolute Gasteiger partial charge is 0.224 e. The molecule has 0 saturated carbocycles. The van der Waals surface area contributed by atoms with E-state index in [4.69, 9.17) is 5.73 Å². The van der Waals surface area contributed by atoms with Crippen LogP contribution in [0.25, 0.3) is 0 Å². The largest absolute Gasteiger partial charge is 0.355 e. The topological polar surface area (TPSA) is 55.1 Å². The first kappa shape index (κ1) is 14.7. The molecule has 3 nitrogen and oxygen atoms in total. The molecule has 1 rings (SSSR count). The Morgan fingerprint density at radius 3 is 2.39 bits per heavy atom. The van der Waals surface area contributed by atoms with Crippen molar-refractivity contribution < 1.29 is 4.79 Å². The zero-order chi connectivity index (χ0) is 13.8. The predicted molar refractivity (Wildman–Crippen MR) is 75.4 cm³/mol. The highest BCUT2D eigenvalue weighted by Gasteiger charge is 2.22. The van der Waals surface area contributed by atoms with Gasteiger partial charge in [-0.2, -0.15) is 0 Å². The van der Waals surface area contributed by atoms with Gasteiger partial charge in [-0.15, -0.1) is 0 Å². The second-order valence-corrected chi connectivity index (χ2v) is 5.60. The predicted octanol–water partition coefficient (Wildman–Crippen LogP) is 1.98. The van der Waals surface area contributed by atoms with Gasteiger partial charge in [-0.05, 0) is 12.5 Å². The number of amides is 1. The maximum Gasteiger partial charge on any atom is 0.224 e. The average Bonchev–Trinajstić information content (AvgIpc) is 2.35. The minimum Gasteiger partial charge on any atom is -0.355 e. The molecule has 0 bridgehead atoms. The molecule has 3 heteroatoms. The molecular weight excluding hydrogens is 224 g/mol. The Kier molecular flexibility index (Phi) is 4.91. The second-order valence-electron chi connectivity index (χ2n) is 5.60. The summed E-state index contributed by atoms with van der Waals surface area (Å²) in [4.78, 5) is 11.7. The zero-order valence-electron chi connectivity index (χ0n) is 11.8. The van der Waals surface area contributed by atoms with Crippen molar-refractivity contribution in [3.63, 3.8) is 0 Å². The number of rotatable bonds is 5. The number of benzene rings is 1. The van der Waals surface area contributed by atoms with Crippen LogP contribution in [0.4, 0.5) is 0 Å². The molecule has 0 aliphatic heterocycles. The van der Waals surface area contributed by atoms with E-state index in [0.29, 0.717) is 13.1 Å². The van der Waals surface area contributed by atoms with E-state index in [9.17, 15) is 4.79 Å². The minimum absolute atomic E-state index is 0.0256. The summed E-state index contributed by atoms with van der Waals surface area (Å²) in [5, 5.41) is 2.97. The van der Waals surface area contributed by atoms with E-state index in [2.05, 4.69) is 50.4 Å². The third-order valence-corrected chi connectivity index (χ3v) is 3.34. The van der Waals surface area contributed by atoms with E-state index in [1.807, 2.05) is 6.92 Å². The van der Waals surface area contributed by atoms with Crippen molar-refractivity contribution in [2.75, 3.05) is 13.1 Å². The van der Waals surface area contributed by atoms with E-state index in [0.717, 1.165) is 0 Å².